The third-order valence-corrected chi connectivity index (χ3v) is 4.08. The molecule has 0 aromatic heterocycles. The molecule has 1 saturated heterocycles. The highest BCUT2D eigenvalue weighted by Crippen LogP contribution is 2.37. The molecule has 0 N–H and O–H groups in total. The quantitative estimate of drug-likeness (QED) is 0.771. The van der Waals surface area contributed by atoms with Gasteiger partial charge in [0.05, 0.1) is 6.04 Å². The largest absolute Gasteiger partial charge is 0.441 e. The second-order valence-electron chi connectivity index (χ2n) is 7.46. The molecule has 4 heteroatoms. The monoisotopic (exact) mass is 269 g/mol. The van der Waals surface area contributed by atoms with E-state index >= 15 is 0 Å². The summed E-state index contributed by atoms with van der Waals surface area (Å²) in [6, 6.07) is -0.211. The van der Waals surface area contributed by atoms with E-state index in [0.717, 1.165) is 0 Å². The van der Waals surface area contributed by atoms with Gasteiger partial charge in [0.2, 0.25) is 5.91 Å². The number of amides is 2. The van der Waals surface area contributed by atoms with E-state index in [1.807, 2.05) is 55.4 Å². The highest BCUT2D eigenvalue weighted by atomic mass is 16.6. The molecule has 1 rings (SSSR count). The molecule has 0 aromatic carbocycles. The van der Waals surface area contributed by atoms with Gasteiger partial charge in [0.1, 0.15) is 5.60 Å². The summed E-state index contributed by atoms with van der Waals surface area (Å²) in [5.74, 6) is -0.199. The summed E-state index contributed by atoms with van der Waals surface area (Å²) < 4.78 is 5.39. The molecule has 0 aromatic rings. The zero-order valence-electron chi connectivity index (χ0n) is 13.4. The van der Waals surface area contributed by atoms with Crippen molar-refractivity contribution >= 4 is 12.0 Å². The summed E-state index contributed by atoms with van der Waals surface area (Å²) in [4.78, 5) is 26.0. The SMILES string of the molecule is CC(C)[C@@H]1N(C(=O)[C@@H](C)C(C)(C)C)C(=O)OC1(C)C. The highest BCUT2D eigenvalue weighted by Gasteiger charge is 2.53. The van der Waals surface area contributed by atoms with E-state index in [0.29, 0.717) is 0 Å². The van der Waals surface area contributed by atoms with Gasteiger partial charge in [-0.25, -0.2) is 9.69 Å². The van der Waals surface area contributed by atoms with Crippen LogP contribution in [0, 0.1) is 17.3 Å². The predicted molar refractivity (Wildman–Crippen MR) is 74.7 cm³/mol. The zero-order valence-corrected chi connectivity index (χ0v) is 13.4. The summed E-state index contributed by atoms with van der Waals surface area (Å²) in [5.41, 5.74) is -0.801. The molecule has 1 fully saturated rings. The van der Waals surface area contributed by atoms with E-state index in [2.05, 4.69) is 0 Å². The molecule has 0 bridgehead atoms. The fourth-order valence-electron chi connectivity index (χ4n) is 2.67. The lowest BCUT2D eigenvalue weighted by Gasteiger charge is -2.34. The molecule has 19 heavy (non-hydrogen) atoms. The summed E-state index contributed by atoms with van der Waals surface area (Å²) in [7, 11) is 0. The average Bonchev–Trinajstić information content (AvgIpc) is 2.44. The van der Waals surface area contributed by atoms with E-state index in [4.69, 9.17) is 4.74 Å². The molecule has 4 nitrogen and oxygen atoms in total. The van der Waals surface area contributed by atoms with Gasteiger partial charge in [0.15, 0.2) is 0 Å². The van der Waals surface area contributed by atoms with Crippen molar-refractivity contribution in [2.24, 2.45) is 17.3 Å². The number of cyclic esters (lactones) is 1. The van der Waals surface area contributed by atoms with Crippen LogP contribution in [0.1, 0.15) is 55.4 Å². The summed E-state index contributed by atoms with van der Waals surface area (Å²) >= 11 is 0. The molecule has 2 atom stereocenters. The van der Waals surface area contributed by atoms with Crippen molar-refractivity contribution in [1.82, 2.24) is 4.90 Å². The first-order chi connectivity index (χ1) is 8.39. The second kappa shape index (κ2) is 4.80. The zero-order chi connectivity index (χ0) is 15.2. The Morgan fingerprint density at radius 3 is 2.11 bits per heavy atom. The predicted octanol–water partition coefficient (Wildman–Crippen LogP) is 3.45. The van der Waals surface area contributed by atoms with Crippen LogP contribution in [-0.4, -0.2) is 28.5 Å². The number of carbonyl (C=O) groups is 2. The molecule has 0 unspecified atom stereocenters. The second-order valence-corrected chi connectivity index (χ2v) is 7.46. The van der Waals surface area contributed by atoms with Crippen LogP contribution in [-0.2, 0) is 9.53 Å². The number of rotatable bonds is 2. The average molecular weight is 269 g/mol. The van der Waals surface area contributed by atoms with E-state index in [1.165, 1.54) is 4.90 Å². The lowest BCUT2D eigenvalue weighted by molar-refractivity contribution is -0.137. The summed E-state index contributed by atoms with van der Waals surface area (Å²) in [5, 5.41) is 0. The molecular weight excluding hydrogens is 242 g/mol. The summed E-state index contributed by atoms with van der Waals surface area (Å²) in [6.45, 7) is 15.6. The third-order valence-electron chi connectivity index (χ3n) is 4.08. The first-order valence-corrected chi connectivity index (χ1v) is 6.95. The maximum Gasteiger partial charge on any atom is 0.417 e. The Morgan fingerprint density at radius 2 is 1.74 bits per heavy atom. The van der Waals surface area contributed by atoms with Crippen molar-refractivity contribution in [2.75, 3.05) is 0 Å². The molecule has 1 aliphatic rings. The number of nitrogens with zero attached hydrogens (tertiary/aromatic N) is 1. The first kappa shape index (κ1) is 16.0. The van der Waals surface area contributed by atoms with Crippen molar-refractivity contribution in [3.8, 4) is 0 Å². The van der Waals surface area contributed by atoms with Crippen molar-refractivity contribution < 1.29 is 14.3 Å². The van der Waals surface area contributed by atoms with E-state index in [9.17, 15) is 9.59 Å². The number of carbonyl (C=O) groups excluding carboxylic acids is 2. The van der Waals surface area contributed by atoms with Crippen LogP contribution in [0.3, 0.4) is 0 Å². The van der Waals surface area contributed by atoms with Gasteiger partial charge in [0.25, 0.3) is 0 Å². The van der Waals surface area contributed by atoms with Gasteiger partial charge in [-0.2, -0.15) is 0 Å². The van der Waals surface area contributed by atoms with Gasteiger partial charge >= 0.3 is 6.09 Å². The number of ether oxygens (including phenoxy) is 1. The van der Waals surface area contributed by atoms with Gasteiger partial charge in [-0.15, -0.1) is 0 Å². The topological polar surface area (TPSA) is 46.6 Å². The maximum absolute atomic E-state index is 12.6. The maximum atomic E-state index is 12.6. The van der Waals surface area contributed by atoms with Crippen molar-refractivity contribution in [2.45, 2.75) is 67.0 Å². The molecule has 110 valence electrons. The lowest BCUT2D eigenvalue weighted by Crippen LogP contribution is -2.51. The minimum atomic E-state index is -0.626. The molecule has 1 heterocycles. The number of hydrogen-bond donors (Lipinski definition) is 0. The Labute approximate surface area is 116 Å². The van der Waals surface area contributed by atoms with Crippen LogP contribution in [0.5, 0.6) is 0 Å². The van der Waals surface area contributed by atoms with Crippen molar-refractivity contribution in [1.29, 1.82) is 0 Å². The fourth-order valence-corrected chi connectivity index (χ4v) is 2.67. The Balaban J connectivity index is 3.10. The number of hydrogen-bond acceptors (Lipinski definition) is 3. The third kappa shape index (κ3) is 2.93. The normalized spacial score (nSPS) is 24.6. The molecular formula is C15H27NO3. The smallest absolute Gasteiger partial charge is 0.417 e. The minimum absolute atomic E-state index is 0.137. The van der Waals surface area contributed by atoms with Gasteiger partial charge < -0.3 is 4.74 Å². The van der Waals surface area contributed by atoms with Crippen molar-refractivity contribution in [3.63, 3.8) is 0 Å². The summed E-state index contributed by atoms with van der Waals surface area (Å²) in [6.07, 6.45) is -0.509. The molecule has 0 saturated carbocycles. The van der Waals surface area contributed by atoms with Crippen molar-refractivity contribution in [3.05, 3.63) is 0 Å². The first-order valence-electron chi connectivity index (χ1n) is 6.95. The minimum Gasteiger partial charge on any atom is -0.441 e. The Kier molecular flexibility index (Phi) is 4.04. The van der Waals surface area contributed by atoms with E-state index < -0.39 is 11.7 Å². The van der Waals surface area contributed by atoms with Gasteiger partial charge in [-0.3, -0.25) is 4.79 Å². The molecule has 0 aliphatic carbocycles. The molecule has 0 spiro atoms. The van der Waals surface area contributed by atoms with Crippen LogP contribution in [0.15, 0.2) is 0 Å². The highest BCUT2D eigenvalue weighted by molar-refractivity contribution is 5.95. The Bertz CT molecular complexity index is 379. The van der Waals surface area contributed by atoms with E-state index in [1.54, 1.807) is 0 Å². The molecule has 1 aliphatic heterocycles. The van der Waals surface area contributed by atoms with Crippen LogP contribution in [0.4, 0.5) is 4.79 Å². The Hall–Kier alpha value is -1.06. The van der Waals surface area contributed by atoms with Gasteiger partial charge in [-0.05, 0) is 25.2 Å². The van der Waals surface area contributed by atoms with Crippen LogP contribution >= 0.6 is 0 Å². The number of imide groups is 1. The molecule has 2 amide bonds. The van der Waals surface area contributed by atoms with Gasteiger partial charge in [0, 0.05) is 5.92 Å². The van der Waals surface area contributed by atoms with Crippen LogP contribution in [0.2, 0.25) is 0 Å². The van der Waals surface area contributed by atoms with E-state index in [-0.39, 0.29) is 29.2 Å². The van der Waals surface area contributed by atoms with Crippen LogP contribution < -0.4 is 0 Å². The standard InChI is InChI=1S/C15H27NO3/c1-9(2)11-15(7,8)19-13(18)16(11)12(17)10(3)14(4,5)6/h9-11H,1-8H3/t10-,11+/m1/s1. The van der Waals surface area contributed by atoms with Crippen LogP contribution in [0.25, 0.3) is 0 Å². The lowest BCUT2D eigenvalue weighted by atomic mass is 9.80. The van der Waals surface area contributed by atoms with Gasteiger partial charge in [-0.1, -0.05) is 41.5 Å². The fraction of sp³-hybridized carbons (Fsp3) is 0.867. The molecule has 0 radical (unpaired) electrons. The Morgan fingerprint density at radius 1 is 1.26 bits per heavy atom.